The first kappa shape index (κ1) is 18.4. The van der Waals surface area contributed by atoms with E-state index in [0.717, 1.165) is 0 Å². The number of amides is 1. The van der Waals surface area contributed by atoms with Crippen LogP contribution in [0.15, 0.2) is 48.5 Å². The van der Waals surface area contributed by atoms with Crippen LogP contribution in [-0.4, -0.2) is 25.7 Å². The van der Waals surface area contributed by atoms with E-state index in [4.69, 9.17) is 0 Å². The van der Waals surface area contributed by atoms with Gasteiger partial charge in [-0.1, -0.05) is 12.1 Å². The molecule has 2 aromatic carbocycles. The number of alkyl halides is 4. The minimum absolute atomic E-state index is 0.0110. The number of hydrogen-bond donors (Lipinski definition) is 2. The van der Waals surface area contributed by atoms with Crippen molar-refractivity contribution in [3.63, 3.8) is 0 Å². The Bertz CT molecular complexity index is 696. The van der Waals surface area contributed by atoms with Crippen LogP contribution in [-0.2, 0) is 4.79 Å². The van der Waals surface area contributed by atoms with Gasteiger partial charge in [0.15, 0.2) is 0 Å². The molecule has 0 spiro atoms. The van der Waals surface area contributed by atoms with Gasteiger partial charge in [-0.15, -0.1) is 0 Å². The molecule has 2 rings (SSSR count). The van der Waals surface area contributed by atoms with Gasteiger partial charge in [-0.05, 0) is 36.4 Å². The molecule has 0 saturated heterocycles. The van der Waals surface area contributed by atoms with E-state index in [0.29, 0.717) is 5.69 Å². The molecule has 0 radical (unpaired) electrons. The highest BCUT2D eigenvalue weighted by molar-refractivity contribution is 5.95. The number of nitrogens with one attached hydrogen (secondary N) is 2. The highest BCUT2D eigenvalue weighted by Crippen LogP contribution is 2.25. The van der Waals surface area contributed by atoms with Crippen LogP contribution < -0.4 is 20.1 Å². The third kappa shape index (κ3) is 6.21. The molecule has 1 amide bonds. The molecule has 9 heteroatoms. The van der Waals surface area contributed by atoms with E-state index in [-0.39, 0.29) is 23.7 Å². The SMILES string of the molecule is O=C(CNc1ccc(OC(F)F)cc1)Nc1ccccc1OC(F)F. The van der Waals surface area contributed by atoms with Crippen LogP contribution in [0.25, 0.3) is 0 Å². The van der Waals surface area contributed by atoms with Crippen LogP contribution in [0.5, 0.6) is 11.5 Å². The first-order valence-corrected chi connectivity index (χ1v) is 7.06. The molecule has 0 bridgehead atoms. The van der Waals surface area contributed by atoms with E-state index in [9.17, 15) is 22.4 Å². The highest BCUT2D eigenvalue weighted by Gasteiger charge is 2.11. The Morgan fingerprint density at radius 1 is 0.920 bits per heavy atom. The highest BCUT2D eigenvalue weighted by atomic mass is 19.3. The standard InChI is InChI=1S/C16H14F4N2O3/c17-15(18)24-11-7-5-10(6-8-11)21-9-14(23)22-12-3-1-2-4-13(12)25-16(19)20/h1-8,15-16,21H,9H2,(H,22,23). The zero-order valence-corrected chi connectivity index (χ0v) is 12.7. The van der Waals surface area contributed by atoms with Crippen molar-refractivity contribution in [1.29, 1.82) is 0 Å². The predicted molar refractivity (Wildman–Crippen MR) is 83.3 cm³/mol. The van der Waals surface area contributed by atoms with Gasteiger partial charge in [0.25, 0.3) is 0 Å². The number of benzene rings is 2. The van der Waals surface area contributed by atoms with Crippen molar-refractivity contribution >= 4 is 17.3 Å². The average Bonchev–Trinajstić information content (AvgIpc) is 2.55. The number of carbonyl (C=O) groups excluding carboxylic acids is 1. The maximum atomic E-state index is 12.3. The van der Waals surface area contributed by atoms with Crippen LogP contribution >= 0.6 is 0 Å². The van der Waals surface area contributed by atoms with Crippen LogP contribution in [0.3, 0.4) is 0 Å². The fraction of sp³-hybridized carbons (Fsp3) is 0.188. The summed E-state index contributed by atoms with van der Waals surface area (Å²) in [7, 11) is 0. The summed E-state index contributed by atoms with van der Waals surface area (Å²) in [6.07, 6.45) is 0. The molecule has 2 aromatic rings. The molecular weight excluding hydrogens is 344 g/mol. The van der Waals surface area contributed by atoms with Gasteiger partial charge >= 0.3 is 13.2 Å². The number of para-hydroxylation sites is 2. The van der Waals surface area contributed by atoms with E-state index < -0.39 is 19.1 Å². The van der Waals surface area contributed by atoms with E-state index in [1.54, 1.807) is 6.07 Å². The van der Waals surface area contributed by atoms with Crippen molar-refractivity contribution in [1.82, 2.24) is 0 Å². The first-order valence-electron chi connectivity index (χ1n) is 7.06. The van der Waals surface area contributed by atoms with Gasteiger partial charge in [-0.2, -0.15) is 17.6 Å². The Balaban J connectivity index is 1.89. The van der Waals surface area contributed by atoms with Crippen molar-refractivity contribution in [3.05, 3.63) is 48.5 Å². The molecule has 0 aliphatic rings. The summed E-state index contributed by atoms with van der Waals surface area (Å²) >= 11 is 0. The fourth-order valence-corrected chi connectivity index (χ4v) is 1.90. The third-order valence-electron chi connectivity index (χ3n) is 2.91. The van der Waals surface area contributed by atoms with Gasteiger partial charge in [0, 0.05) is 5.69 Å². The Labute approximate surface area is 140 Å². The second kappa shape index (κ2) is 8.76. The van der Waals surface area contributed by atoms with Crippen LogP contribution in [0.1, 0.15) is 0 Å². The molecule has 25 heavy (non-hydrogen) atoms. The zero-order chi connectivity index (χ0) is 18.2. The monoisotopic (exact) mass is 358 g/mol. The maximum absolute atomic E-state index is 12.3. The normalized spacial score (nSPS) is 10.6. The first-order chi connectivity index (χ1) is 11.9. The Hall–Kier alpha value is -2.97. The molecule has 0 aliphatic carbocycles. The van der Waals surface area contributed by atoms with E-state index in [2.05, 4.69) is 20.1 Å². The second-order valence-corrected chi connectivity index (χ2v) is 4.68. The second-order valence-electron chi connectivity index (χ2n) is 4.68. The third-order valence-corrected chi connectivity index (χ3v) is 2.91. The maximum Gasteiger partial charge on any atom is 0.387 e. The number of carbonyl (C=O) groups is 1. The molecule has 0 aromatic heterocycles. The van der Waals surface area contributed by atoms with Crippen LogP contribution in [0, 0.1) is 0 Å². The summed E-state index contributed by atoms with van der Waals surface area (Å²) in [5.41, 5.74) is 0.601. The van der Waals surface area contributed by atoms with Gasteiger partial charge in [0.1, 0.15) is 11.5 Å². The topological polar surface area (TPSA) is 59.6 Å². The molecule has 5 nitrogen and oxygen atoms in total. The summed E-state index contributed by atoms with van der Waals surface area (Å²) in [4.78, 5) is 11.9. The van der Waals surface area contributed by atoms with E-state index in [1.165, 1.54) is 42.5 Å². The number of ether oxygens (including phenoxy) is 2. The molecule has 2 N–H and O–H groups in total. The van der Waals surface area contributed by atoms with Crippen molar-refractivity contribution in [2.24, 2.45) is 0 Å². The van der Waals surface area contributed by atoms with Crippen molar-refractivity contribution in [2.45, 2.75) is 13.2 Å². The van der Waals surface area contributed by atoms with E-state index in [1.807, 2.05) is 0 Å². The van der Waals surface area contributed by atoms with Crippen LogP contribution in [0.2, 0.25) is 0 Å². The lowest BCUT2D eigenvalue weighted by molar-refractivity contribution is -0.114. The summed E-state index contributed by atoms with van der Waals surface area (Å²) in [5.74, 6) is -0.666. The molecule has 0 heterocycles. The van der Waals surface area contributed by atoms with Gasteiger partial charge in [0.2, 0.25) is 5.91 Å². The lowest BCUT2D eigenvalue weighted by Crippen LogP contribution is -2.22. The molecule has 0 fully saturated rings. The summed E-state index contributed by atoms with van der Waals surface area (Å²) < 4.78 is 57.2. The predicted octanol–water partition coefficient (Wildman–Crippen LogP) is 3.94. The van der Waals surface area contributed by atoms with Gasteiger partial charge < -0.3 is 20.1 Å². The van der Waals surface area contributed by atoms with Gasteiger partial charge in [-0.3, -0.25) is 4.79 Å². The molecule has 134 valence electrons. The summed E-state index contributed by atoms with van der Waals surface area (Å²) in [6.45, 7) is -6.09. The van der Waals surface area contributed by atoms with Gasteiger partial charge in [0.05, 0.1) is 12.2 Å². The minimum Gasteiger partial charge on any atom is -0.435 e. The number of halogens is 4. The van der Waals surface area contributed by atoms with Crippen molar-refractivity contribution in [2.75, 3.05) is 17.2 Å². The van der Waals surface area contributed by atoms with Crippen molar-refractivity contribution in [3.8, 4) is 11.5 Å². The minimum atomic E-state index is -3.01. The quantitative estimate of drug-likeness (QED) is 0.702. The molecule has 0 saturated carbocycles. The average molecular weight is 358 g/mol. The summed E-state index contributed by atoms with van der Waals surface area (Å²) in [6, 6.07) is 11.3. The lowest BCUT2D eigenvalue weighted by Gasteiger charge is -2.12. The Kier molecular flexibility index (Phi) is 6.44. The number of rotatable bonds is 8. The van der Waals surface area contributed by atoms with Gasteiger partial charge in [-0.25, -0.2) is 0 Å². The van der Waals surface area contributed by atoms with E-state index >= 15 is 0 Å². The number of hydrogen-bond acceptors (Lipinski definition) is 4. The Morgan fingerprint density at radius 3 is 2.20 bits per heavy atom. The fourth-order valence-electron chi connectivity index (χ4n) is 1.90. The number of anilines is 2. The zero-order valence-electron chi connectivity index (χ0n) is 12.7. The molecule has 0 aliphatic heterocycles. The smallest absolute Gasteiger partial charge is 0.387 e. The largest absolute Gasteiger partial charge is 0.435 e. The molecule has 0 atom stereocenters. The Morgan fingerprint density at radius 2 is 1.56 bits per heavy atom. The molecular formula is C16H14F4N2O3. The lowest BCUT2D eigenvalue weighted by atomic mass is 10.3. The van der Waals surface area contributed by atoms with Crippen LogP contribution in [0.4, 0.5) is 28.9 Å². The summed E-state index contributed by atoms with van der Waals surface area (Å²) in [5, 5.41) is 5.20. The van der Waals surface area contributed by atoms with Crippen molar-refractivity contribution < 1.29 is 31.8 Å². The molecule has 0 unspecified atom stereocenters.